The lowest BCUT2D eigenvalue weighted by atomic mass is 9.89. The second kappa shape index (κ2) is 11.9. The Balaban J connectivity index is 1.23. The number of rotatable bonds is 7. The Labute approximate surface area is 230 Å². The molecule has 2 heterocycles. The Bertz CT molecular complexity index is 1480. The topological polar surface area (TPSA) is 111 Å². The summed E-state index contributed by atoms with van der Waals surface area (Å²) in [5.41, 5.74) is 3.86. The Morgan fingerprint density at radius 1 is 1.08 bits per heavy atom. The average Bonchev–Trinajstić information content (AvgIpc) is 3.27. The largest absolute Gasteiger partial charge is 0.495 e. The molecule has 1 aliphatic carbocycles. The third kappa shape index (κ3) is 6.34. The molecule has 3 aromatic rings. The molecule has 2 aliphatic rings. The second-order valence-corrected chi connectivity index (χ2v) is 11.7. The van der Waals surface area contributed by atoms with Crippen LogP contribution in [0, 0.1) is 11.8 Å². The average molecular weight is 552 g/mol. The van der Waals surface area contributed by atoms with Crippen molar-refractivity contribution in [2.24, 2.45) is 12.2 Å². The number of nitrogens with two attached hydrogens (primary N) is 1. The molecule has 2 aromatic carbocycles. The number of aromatic nitrogens is 1. The summed E-state index contributed by atoms with van der Waals surface area (Å²) >= 11 is 0. The molecule has 0 radical (unpaired) electrons. The zero-order valence-corrected chi connectivity index (χ0v) is 23.4. The molecule has 10 heteroatoms. The highest BCUT2D eigenvalue weighted by Gasteiger charge is 2.27. The molecule has 0 atom stereocenters. The van der Waals surface area contributed by atoms with Crippen LogP contribution in [0.15, 0.2) is 47.4 Å². The predicted octanol–water partition coefficient (Wildman–Crippen LogP) is 3.35. The van der Waals surface area contributed by atoms with Gasteiger partial charge in [-0.15, -0.1) is 0 Å². The Kier molecular flexibility index (Phi) is 8.33. The fourth-order valence-electron chi connectivity index (χ4n) is 5.62. The summed E-state index contributed by atoms with van der Waals surface area (Å²) in [6.07, 6.45) is 4.79. The van der Waals surface area contributed by atoms with E-state index in [1.165, 1.54) is 50.3 Å². The molecule has 4 N–H and O–H groups in total. The maximum atomic E-state index is 11.6. The number of hydrogen-bond donors (Lipinski definition) is 3. The van der Waals surface area contributed by atoms with Crippen LogP contribution in [0.3, 0.4) is 0 Å². The molecule has 0 spiro atoms. The van der Waals surface area contributed by atoms with Crippen LogP contribution in [0.1, 0.15) is 31.4 Å². The van der Waals surface area contributed by atoms with Gasteiger partial charge in [0.1, 0.15) is 5.75 Å². The van der Waals surface area contributed by atoms with Crippen molar-refractivity contribution < 1.29 is 17.9 Å². The normalized spacial score (nSPS) is 20.3. The lowest BCUT2D eigenvalue weighted by Gasteiger charge is -2.39. The van der Waals surface area contributed by atoms with Crippen LogP contribution in [-0.2, 0) is 21.8 Å². The van der Waals surface area contributed by atoms with Gasteiger partial charge in [-0.25, -0.2) is 13.6 Å². The third-order valence-corrected chi connectivity index (χ3v) is 8.70. The second-order valence-electron chi connectivity index (χ2n) is 10.2. The number of methoxy groups -OCH3 is 1. The van der Waals surface area contributed by atoms with E-state index < -0.39 is 10.0 Å². The Morgan fingerprint density at radius 3 is 2.56 bits per heavy atom. The molecule has 1 saturated heterocycles. The van der Waals surface area contributed by atoms with Crippen LogP contribution >= 0.6 is 0 Å². The van der Waals surface area contributed by atoms with E-state index in [1.54, 1.807) is 6.07 Å². The first-order valence-electron chi connectivity index (χ1n) is 13.4. The zero-order chi connectivity index (χ0) is 27.4. The van der Waals surface area contributed by atoms with Crippen molar-refractivity contribution in [2.75, 3.05) is 50.6 Å². The van der Waals surface area contributed by atoms with Crippen molar-refractivity contribution in [2.45, 2.75) is 42.7 Å². The number of sulfonamides is 1. The minimum absolute atomic E-state index is 0.000967. The molecule has 39 heavy (non-hydrogen) atoms. The van der Waals surface area contributed by atoms with E-state index in [-0.39, 0.29) is 4.90 Å². The Hall–Kier alpha value is -3.23. The molecule has 1 saturated carbocycles. The number of fused-ring (bicyclic) bond motifs is 1. The van der Waals surface area contributed by atoms with Crippen molar-refractivity contribution in [3.63, 3.8) is 0 Å². The smallest absolute Gasteiger partial charge is 0.238 e. The molecule has 1 aromatic heterocycles. The van der Waals surface area contributed by atoms with E-state index >= 15 is 0 Å². The molecule has 0 unspecified atom stereocenters. The number of morpholine rings is 1. The summed E-state index contributed by atoms with van der Waals surface area (Å²) in [7, 11) is -0.285. The van der Waals surface area contributed by atoms with Crippen LogP contribution in [0.4, 0.5) is 11.4 Å². The minimum Gasteiger partial charge on any atom is -0.495 e. The van der Waals surface area contributed by atoms with Crippen LogP contribution in [0.5, 0.6) is 5.75 Å². The van der Waals surface area contributed by atoms with Crippen molar-refractivity contribution >= 4 is 32.3 Å². The van der Waals surface area contributed by atoms with Crippen molar-refractivity contribution in [3.8, 4) is 17.6 Å². The highest BCUT2D eigenvalue weighted by Crippen LogP contribution is 2.31. The number of nitrogens with zero attached hydrogens (tertiary/aromatic N) is 2. The van der Waals surface area contributed by atoms with Crippen molar-refractivity contribution in [1.29, 1.82) is 0 Å². The van der Waals surface area contributed by atoms with E-state index in [9.17, 15) is 8.42 Å². The maximum absolute atomic E-state index is 11.6. The molecule has 0 bridgehead atoms. The monoisotopic (exact) mass is 551 g/mol. The van der Waals surface area contributed by atoms with Crippen molar-refractivity contribution in [3.05, 3.63) is 48.2 Å². The molecule has 9 nitrogen and oxygen atoms in total. The number of nitrogens with one attached hydrogen (secondary N) is 2. The van der Waals surface area contributed by atoms with E-state index in [0.29, 0.717) is 30.1 Å². The molecule has 0 amide bonds. The first-order chi connectivity index (χ1) is 18.8. The van der Waals surface area contributed by atoms with Crippen LogP contribution in [-0.4, -0.2) is 69.9 Å². The quantitative estimate of drug-likeness (QED) is 0.386. The van der Waals surface area contributed by atoms with Gasteiger partial charge >= 0.3 is 0 Å². The molecular formula is C29H37N5O4S. The number of benzene rings is 2. The van der Waals surface area contributed by atoms with E-state index in [0.717, 1.165) is 43.2 Å². The van der Waals surface area contributed by atoms with Gasteiger partial charge in [0.05, 0.1) is 48.7 Å². The van der Waals surface area contributed by atoms with Crippen LogP contribution in [0.2, 0.25) is 0 Å². The van der Waals surface area contributed by atoms with E-state index in [4.69, 9.17) is 14.6 Å². The van der Waals surface area contributed by atoms with Crippen molar-refractivity contribution in [1.82, 2.24) is 9.47 Å². The van der Waals surface area contributed by atoms with E-state index in [1.807, 2.05) is 7.05 Å². The highest BCUT2D eigenvalue weighted by molar-refractivity contribution is 7.89. The first kappa shape index (κ1) is 27.3. The number of primary sulfonamides is 1. The highest BCUT2D eigenvalue weighted by atomic mass is 32.2. The molecule has 5 rings (SSSR count). The number of aryl methyl sites for hydroxylation is 1. The standard InChI is InChI=1S/C29H37N5O4S/c1-33-23(5-4-14-31-27-13-12-24(39(30,35)36)20-29(27)37-2)19-25-26(6-3-7-28(25)33)32-21-8-10-22(11-9-21)34-15-17-38-18-16-34/h3,6-7,12-13,19-22,31-32H,8-11,14-18H2,1-2H3,(H2,30,35,36). The van der Waals surface area contributed by atoms with Gasteiger partial charge in [0.25, 0.3) is 0 Å². The zero-order valence-electron chi connectivity index (χ0n) is 22.6. The van der Waals surface area contributed by atoms with Gasteiger partial charge in [-0.3, -0.25) is 4.90 Å². The SMILES string of the molecule is COc1cc(S(N)(=O)=O)ccc1NCC#Cc1cc2c(NC3CCC(N4CCOCC4)CC3)cccc2n1C. The van der Waals surface area contributed by atoms with Gasteiger partial charge in [-0.1, -0.05) is 12.0 Å². The Morgan fingerprint density at radius 2 is 1.85 bits per heavy atom. The summed E-state index contributed by atoms with van der Waals surface area (Å²) in [6, 6.07) is 14.2. The summed E-state index contributed by atoms with van der Waals surface area (Å²) in [5, 5.41) is 13.4. The van der Waals surface area contributed by atoms with Gasteiger partial charge in [-0.2, -0.15) is 0 Å². The predicted molar refractivity (Wildman–Crippen MR) is 155 cm³/mol. The van der Waals surface area contributed by atoms with Gasteiger partial charge in [0.2, 0.25) is 10.0 Å². The summed E-state index contributed by atoms with van der Waals surface area (Å²) < 4.78 is 36.2. The lowest BCUT2D eigenvalue weighted by molar-refractivity contribution is 0.00791. The molecule has 208 valence electrons. The third-order valence-electron chi connectivity index (χ3n) is 7.79. The van der Waals surface area contributed by atoms with Gasteiger partial charge in [0.15, 0.2) is 0 Å². The number of anilines is 2. The maximum Gasteiger partial charge on any atom is 0.238 e. The number of ether oxygens (including phenoxy) is 2. The fourth-order valence-corrected chi connectivity index (χ4v) is 6.15. The van der Waals surface area contributed by atoms with Gasteiger partial charge in [-0.05, 0) is 61.9 Å². The molecule has 2 fully saturated rings. The summed E-state index contributed by atoms with van der Waals surface area (Å²) in [6.45, 7) is 4.20. The summed E-state index contributed by atoms with van der Waals surface area (Å²) in [4.78, 5) is 2.61. The molecule has 1 aliphatic heterocycles. The minimum atomic E-state index is -3.80. The van der Waals surface area contributed by atoms with Gasteiger partial charge < -0.3 is 24.7 Å². The van der Waals surface area contributed by atoms with Gasteiger partial charge in [0, 0.05) is 49.4 Å². The molecular weight excluding hydrogens is 514 g/mol. The first-order valence-corrected chi connectivity index (χ1v) is 15.0. The van der Waals surface area contributed by atoms with Crippen LogP contribution < -0.4 is 20.5 Å². The summed E-state index contributed by atoms with van der Waals surface area (Å²) in [5.74, 6) is 6.83. The van der Waals surface area contributed by atoms with Crippen LogP contribution in [0.25, 0.3) is 10.9 Å². The van der Waals surface area contributed by atoms with E-state index in [2.05, 4.69) is 56.2 Å². The number of hydrogen-bond acceptors (Lipinski definition) is 7. The fraction of sp³-hybridized carbons (Fsp3) is 0.448. The lowest BCUT2D eigenvalue weighted by Crippen LogP contribution is -2.46.